The molecular formula is C21H22F2N2O2. The lowest BCUT2D eigenvalue weighted by Gasteiger charge is -2.28. The van der Waals surface area contributed by atoms with E-state index in [1.807, 2.05) is 6.92 Å². The first kappa shape index (κ1) is 19.0. The molecule has 2 amide bonds. The monoisotopic (exact) mass is 372 g/mol. The summed E-state index contributed by atoms with van der Waals surface area (Å²) >= 11 is 0. The first-order valence-electron chi connectivity index (χ1n) is 8.86. The zero-order chi connectivity index (χ0) is 19.7. The predicted molar refractivity (Wildman–Crippen MR) is 99.2 cm³/mol. The molecule has 0 aromatic heterocycles. The van der Waals surface area contributed by atoms with Crippen LogP contribution in [0.1, 0.15) is 30.5 Å². The molecule has 1 saturated heterocycles. The summed E-state index contributed by atoms with van der Waals surface area (Å²) in [5.74, 6) is -1.55. The topological polar surface area (TPSA) is 40.6 Å². The molecule has 0 saturated carbocycles. The van der Waals surface area contributed by atoms with Crippen LogP contribution >= 0.6 is 0 Å². The Balaban J connectivity index is 1.72. The summed E-state index contributed by atoms with van der Waals surface area (Å²) in [5, 5.41) is 0. The van der Waals surface area contributed by atoms with Crippen molar-refractivity contribution in [2.45, 2.75) is 26.3 Å². The Morgan fingerprint density at radius 3 is 2.48 bits per heavy atom. The SMILES string of the molecule is Cc1ccc(N2CC(C(=O)N(C)C(C)c3ccc(F)cc3)CC2=O)cc1F. The lowest BCUT2D eigenvalue weighted by Crippen LogP contribution is -2.36. The number of hydrogen-bond acceptors (Lipinski definition) is 2. The standard InChI is InChI=1S/C21H22F2N2O2/c1-13-4-9-18(11-19(13)23)25-12-16(10-20(25)26)21(27)24(3)14(2)15-5-7-17(22)8-6-15/h4-9,11,14,16H,10,12H2,1-3H3. The Morgan fingerprint density at radius 1 is 1.19 bits per heavy atom. The van der Waals surface area contributed by atoms with E-state index in [-0.39, 0.29) is 42.5 Å². The molecule has 1 heterocycles. The molecule has 1 aliphatic rings. The van der Waals surface area contributed by atoms with Crippen LogP contribution in [0.5, 0.6) is 0 Å². The van der Waals surface area contributed by atoms with E-state index in [0.29, 0.717) is 11.3 Å². The van der Waals surface area contributed by atoms with Crippen molar-refractivity contribution in [3.05, 3.63) is 65.2 Å². The molecule has 0 bridgehead atoms. The molecule has 0 spiro atoms. The van der Waals surface area contributed by atoms with Gasteiger partial charge in [-0.1, -0.05) is 18.2 Å². The van der Waals surface area contributed by atoms with Gasteiger partial charge in [-0.05, 0) is 49.2 Å². The molecule has 4 nitrogen and oxygen atoms in total. The normalized spacial score (nSPS) is 17.9. The van der Waals surface area contributed by atoms with Gasteiger partial charge in [-0.2, -0.15) is 0 Å². The van der Waals surface area contributed by atoms with E-state index in [9.17, 15) is 18.4 Å². The van der Waals surface area contributed by atoms with Gasteiger partial charge in [0.1, 0.15) is 11.6 Å². The van der Waals surface area contributed by atoms with Gasteiger partial charge in [-0.25, -0.2) is 8.78 Å². The van der Waals surface area contributed by atoms with E-state index in [1.165, 1.54) is 23.1 Å². The number of nitrogens with zero attached hydrogens (tertiary/aromatic N) is 2. The Labute approximate surface area is 157 Å². The Kier molecular flexibility index (Phi) is 5.26. The van der Waals surface area contributed by atoms with Crippen LogP contribution in [0.2, 0.25) is 0 Å². The molecule has 2 aromatic carbocycles. The van der Waals surface area contributed by atoms with Gasteiger partial charge in [0.05, 0.1) is 12.0 Å². The fourth-order valence-corrected chi connectivity index (χ4v) is 3.32. The number of halogens is 2. The average molecular weight is 372 g/mol. The van der Waals surface area contributed by atoms with Gasteiger partial charge >= 0.3 is 0 Å². The van der Waals surface area contributed by atoms with E-state index in [4.69, 9.17) is 0 Å². The third-order valence-corrected chi connectivity index (χ3v) is 5.22. The smallest absolute Gasteiger partial charge is 0.228 e. The zero-order valence-electron chi connectivity index (χ0n) is 15.6. The van der Waals surface area contributed by atoms with E-state index in [2.05, 4.69) is 0 Å². The molecule has 27 heavy (non-hydrogen) atoms. The van der Waals surface area contributed by atoms with Crippen LogP contribution in [0.3, 0.4) is 0 Å². The van der Waals surface area contributed by atoms with Gasteiger partial charge in [0.2, 0.25) is 11.8 Å². The van der Waals surface area contributed by atoms with Crippen LogP contribution in [0.4, 0.5) is 14.5 Å². The number of aryl methyl sites for hydroxylation is 1. The second-order valence-corrected chi connectivity index (χ2v) is 7.02. The highest BCUT2D eigenvalue weighted by Gasteiger charge is 2.37. The van der Waals surface area contributed by atoms with Gasteiger partial charge in [-0.15, -0.1) is 0 Å². The number of benzene rings is 2. The van der Waals surface area contributed by atoms with Crippen molar-refractivity contribution < 1.29 is 18.4 Å². The van der Waals surface area contributed by atoms with Gasteiger partial charge in [0, 0.05) is 25.7 Å². The van der Waals surface area contributed by atoms with Crippen LogP contribution in [0.15, 0.2) is 42.5 Å². The molecule has 2 unspecified atom stereocenters. The molecule has 3 rings (SSSR count). The summed E-state index contributed by atoms with van der Waals surface area (Å²) < 4.78 is 26.9. The van der Waals surface area contributed by atoms with Crippen LogP contribution in [0, 0.1) is 24.5 Å². The minimum Gasteiger partial charge on any atom is -0.339 e. The third-order valence-electron chi connectivity index (χ3n) is 5.22. The largest absolute Gasteiger partial charge is 0.339 e. The maximum Gasteiger partial charge on any atom is 0.228 e. The summed E-state index contributed by atoms with van der Waals surface area (Å²) in [6.07, 6.45) is 0.0921. The lowest BCUT2D eigenvalue weighted by molar-refractivity contribution is -0.136. The minimum atomic E-state index is -0.491. The second kappa shape index (κ2) is 7.47. The van der Waals surface area contributed by atoms with E-state index < -0.39 is 5.92 Å². The summed E-state index contributed by atoms with van der Waals surface area (Å²) in [4.78, 5) is 28.3. The van der Waals surface area contributed by atoms with Crippen molar-refractivity contribution >= 4 is 17.5 Å². The number of rotatable bonds is 4. The van der Waals surface area contributed by atoms with Crippen molar-refractivity contribution in [3.63, 3.8) is 0 Å². The van der Waals surface area contributed by atoms with Crippen LogP contribution < -0.4 is 4.90 Å². The highest BCUT2D eigenvalue weighted by atomic mass is 19.1. The molecule has 0 radical (unpaired) electrons. The van der Waals surface area contributed by atoms with Crippen molar-refractivity contribution in [1.29, 1.82) is 0 Å². The van der Waals surface area contributed by atoms with E-state index in [0.717, 1.165) is 5.56 Å². The van der Waals surface area contributed by atoms with E-state index >= 15 is 0 Å². The third kappa shape index (κ3) is 3.84. The highest BCUT2D eigenvalue weighted by Crippen LogP contribution is 2.29. The molecule has 0 N–H and O–H groups in total. The maximum atomic E-state index is 13.8. The number of anilines is 1. The van der Waals surface area contributed by atoms with Crippen LogP contribution in [-0.2, 0) is 9.59 Å². The number of hydrogen-bond donors (Lipinski definition) is 0. The Bertz CT molecular complexity index is 867. The molecular weight excluding hydrogens is 350 g/mol. The van der Waals surface area contributed by atoms with Crippen molar-refractivity contribution in [1.82, 2.24) is 4.90 Å². The number of carbonyl (C=O) groups is 2. The molecule has 6 heteroatoms. The van der Waals surface area contributed by atoms with Gasteiger partial charge in [0.25, 0.3) is 0 Å². The summed E-state index contributed by atoms with van der Waals surface area (Å²) in [6, 6.07) is 10.4. The summed E-state index contributed by atoms with van der Waals surface area (Å²) in [5.41, 5.74) is 1.78. The fraction of sp³-hybridized carbons (Fsp3) is 0.333. The van der Waals surface area contributed by atoms with Crippen molar-refractivity contribution in [2.75, 3.05) is 18.5 Å². The zero-order valence-corrected chi connectivity index (χ0v) is 15.6. The molecule has 1 aliphatic heterocycles. The summed E-state index contributed by atoms with van der Waals surface area (Å²) in [6.45, 7) is 3.73. The van der Waals surface area contributed by atoms with Crippen molar-refractivity contribution in [2.24, 2.45) is 5.92 Å². The Hall–Kier alpha value is -2.76. The fourth-order valence-electron chi connectivity index (χ4n) is 3.32. The van der Waals surface area contributed by atoms with Gasteiger partial charge in [-0.3, -0.25) is 9.59 Å². The van der Waals surface area contributed by atoms with Gasteiger partial charge < -0.3 is 9.80 Å². The van der Waals surface area contributed by atoms with Gasteiger partial charge in [0.15, 0.2) is 0 Å². The Morgan fingerprint density at radius 2 is 1.85 bits per heavy atom. The van der Waals surface area contributed by atoms with Crippen LogP contribution in [0.25, 0.3) is 0 Å². The van der Waals surface area contributed by atoms with E-state index in [1.54, 1.807) is 43.1 Å². The number of carbonyl (C=O) groups excluding carboxylic acids is 2. The number of amides is 2. The first-order chi connectivity index (χ1) is 12.8. The predicted octanol–water partition coefficient (Wildman–Crippen LogP) is 3.85. The second-order valence-electron chi connectivity index (χ2n) is 7.02. The van der Waals surface area contributed by atoms with Crippen LogP contribution in [-0.4, -0.2) is 30.3 Å². The molecule has 1 fully saturated rings. The summed E-state index contributed by atoms with van der Waals surface area (Å²) in [7, 11) is 1.68. The minimum absolute atomic E-state index is 0.0921. The van der Waals surface area contributed by atoms with Crippen molar-refractivity contribution in [3.8, 4) is 0 Å². The molecule has 142 valence electrons. The quantitative estimate of drug-likeness (QED) is 0.818. The lowest BCUT2D eigenvalue weighted by atomic mass is 10.0. The molecule has 2 aromatic rings. The first-order valence-corrected chi connectivity index (χ1v) is 8.86. The molecule has 0 aliphatic carbocycles. The molecule has 2 atom stereocenters. The maximum absolute atomic E-state index is 13.8. The average Bonchev–Trinajstić information content (AvgIpc) is 3.04. The highest BCUT2D eigenvalue weighted by molar-refractivity contribution is 6.00.